The Morgan fingerprint density at radius 3 is 2.57 bits per heavy atom. The third kappa shape index (κ3) is 4.67. The molecule has 14 heavy (non-hydrogen) atoms. The molecule has 2 atom stereocenters. The largest absolute Gasteiger partial charge is 0.307 e. The molecular weight excluding hydrogens is 242 g/mol. The van der Waals surface area contributed by atoms with Crippen molar-refractivity contribution in [3.05, 3.63) is 24.3 Å². The molecule has 0 radical (unpaired) electrons. The highest BCUT2D eigenvalue weighted by atomic mass is 79.9. The number of hydrogen-bond acceptors (Lipinski definition) is 3. The Morgan fingerprint density at radius 1 is 1.36 bits per heavy atom. The molecule has 1 aromatic rings. The van der Waals surface area contributed by atoms with Crippen LogP contribution in [-0.2, 0) is 6.54 Å². The summed E-state index contributed by atoms with van der Waals surface area (Å²) >= 11 is 3.53. The molecule has 4 heteroatoms. The number of rotatable bonds is 5. The molecular formula is C10H16BrN3. The van der Waals surface area contributed by atoms with Crippen molar-refractivity contribution in [2.75, 3.05) is 0 Å². The van der Waals surface area contributed by atoms with E-state index in [1.807, 2.05) is 6.07 Å². The average Bonchev–Trinajstić information content (AvgIpc) is 2.15. The lowest BCUT2D eigenvalue weighted by atomic mass is 10.2. The lowest BCUT2D eigenvalue weighted by Crippen LogP contribution is -2.28. The number of nitrogens with one attached hydrogen (secondary N) is 1. The van der Waals surface area contributed by atoms with E-state index >= 15 is 0 Å². The second-order valence-corrected chi connectivity index (χ2v) is 5.03. The second-order valence-electron chi connectivity index (χ2n) is 3.46. The van der Waals surface area contributed by atoms with Crippen LogP contribution in [0.25, 0.3) is 0 Å². The molecule has 0 aliphatic rings. The van der Waals surface area contributed by atoms with Gasteiger partial charge in [-0.2, -0.15) is 0 Å². The maximum atomic E-state index is 4.14. The summed E-state index contributed by atoms with van der Waals surface area (Å²) in [7, 11) is 0. The summed E-state index contributed by atoms with van der Waals surface area (Å²) in [6.45, 7) is 5.06. The Morgan fingerprint density at radius 2 is 2.00 bits per heavy atom. The molecule has 0 spiro atoms. The summed E-state index contributed by atoms with van der Waals surface area (Å²) in [5.74, 6) is 0.849. The highest BCUT2D eigenvalue weighted by Crippen LogP contribution is 2.06. The molecule has 1 N–H and O–H groups in total. The lowest BCUT2D eigenvalue weighted by Gasteiger charge is -2.14. The van der Waals surface area contributed by atoms with Crippen LogP contribution < -0.4 is 5.32 Å². The maximum Gasteiger partial charge on any atom is 0.141 e. The first-order valence-corrected chi connectivity index (χ1v) is 5.73. The van der Waals surface area contributed by atoms with Crippen molar-refractivity contribution in [2.24, 2.45) is 0 Å². The van der Waals surface area contributed by atoms with Gasteiger partial charge in [0.05, 0.1) is 6.54 Å². The van der Waals surface area contributed by atoms with Crippen LogP contribution in [0.4, 0.5) is 0 Å². The Bertz CT molecular complexity index is 251. The van der Waals surface area contributed by atoms with E-state index in [9.17, 15) is 0 Å². The molecule has 0 amide bonds. The molecule has 0 aliphatic heterocycles. The first-order valence-electron chi connectivity index (χ1n) is 4.82. The molecule has 1 heterocycles. The summed E-state index contributed by atoms with van der Waals surface area (Å²) in [6, 6.07) is 2.31. The summed E-state index contributed by atoms with van der Waals surface area (Å²) in [4.78, 5) is 8.83. The van der Waals surface area contributed by atoms with Gasteiger partial charge >= 0.3 is 0 Å². The fourth-order valence-electron chi connectivity index (χ4n) is 1.26. The zero-order valence-electron chi connectivity index (χ0n) is 8.57. The zero-order chi connectivity index (χ0) is 10.4. The number of hydrogen-bond donors (Lipinski definition) is 1. The van der Waals surface area contributed by atoms with E-state index in [4.69, 9.17) is 0 Å². The molecule has 2 unspecified atom stereocenters. The van der Waals surface area contributed by atoms with E-state index in [-0.39, 0.29) is 0 Å². The van der Waals surface area contributed by atoms with Gasteiger partial charge in [0.15, 0.2) is 0 Å². The van der Waals surface area contributed by atoms with Gasteiger partial charge in [-0.15, -0.1) is 0 Å². The smallest absolute Gasteiger partial charge is 0.141 e. The van der Waals surface area contributed by atoms with Crippen molar-refractivity contribution in [1.29, 1.82) is 0 Å². The van der Waals surface area contributed by atoms with Gasteiger partial charge in [-0.3, -0.25) is 0 Å². The van der Waals surface area contributed by atoms with Crippen LogP contribution in [0, 0.1) is 0 Å². The molecule has 78 valence electrons. The van der Waals surface area contributed by atoms with Gasteiger partial charge in [-0.25, -0.2) is 9.97 Å². The van der Waals surface area contributed by atoms with Crippen molar-refractivity contribution < 1.29 is 0 Å². The van der Waals surface area contributed by atoms with E-state index in [2.05, 4.69) is 45.1 Å². The van der Waals surface area contributed by atoms with Crippen molar-refractivity contribution in [3.8, 4) is 0 Å². The van der Waals surface area contributed by atoms with Crippen molar-refractivity contribution in [2.45, 2.75) is 37.7 Å². The summed E-state index contributed by atoms with van der Waals surface area (Å²) in [5, 5.41) is 3.38. The Kier molecular flexibility index (Phi) is 5.04. The van der Waals surface area contributed by atoms with Crippen LogP contribution in [0.2, 0.25) is 0 Å². The van der Waals surface area contributed by atoms with Crippen LogP contribution in [-0.4, -0.2) is 20.8 Å². The van der Waals surface area contributed by atoms with E-state index in [1.54, 1.807) is 12.4 Å². The minimum atomic E-state index is 0.480. The monoisotopic (exact) mass is 257 g/mol. The lowest BCUT2D eigenvalue weighted by molar-refractivity contribution is 0.506. The van der Waals surface area contributed by atoms with Crippen LogP contribution >= 0.6 is 15.9 Å². The van der Waals surface area contributed by atoms with E-state index in [0.717, 1.165) is 18.8 Å². The molecule has 1 rings (SSSR count). The van der Waals surface area contributed by atoms with E-state index < -0.39 is 0 Å². The van der Waals surface area contributed by atoms with Gasteiger partial charge in [0.25, 0.3) is 0 Å². The van der Waals surface area contributed by atoms with E-state index in [1.165, 1.54) is 0 Å². The topological polar surface area (TPSA) is 37.8 Å². The predicted molar refractivity (Wildman–Crippen MR) is 61.3 cm³/mol. The van der Waals surface area contributed by atoms with Crippen LogP contribution in [0.1, 0.15) is 26.1 Å². The van der Waals surface area contributed by atoms with Gasteiger partial charge in [0.1, 0.15) is 5.82 Å². The molecule has 0 bridgehead atoms. The summed E-state index contributed by atoms with van der Waals surface area (Å²) in [6.07, 6.45) is 4.64. The van der Waals surface area contributed by atoms with Gasteiger partial charge in [-0.05, 0) is 19.4 Å². The van der Waals surface area contributed by atoms with Crippen molar-refractivity contribution >= 4 is 15.9 Å². The third-order valence-electron chi connectivity index (χ3n) is 1.91. The number of aromatic nitrogens is 2. The van der Waals surface area contributed by atoms with Crippen LogP contribution in [0.5, 0.6) is 0 Å². The minimum Gasteiger partial charge on any atom is -0.307 e. The Balaban J connectivity index is 2.27. The van der Waals surface area contributed by atoms with Gasteiger partial charge in [0.2, 0.25) is 0 Å². The highest BCUT2D eigenvalue weighted by molar-refractivity contribution is 9.09. The molecule has 3 nitrogen and oxygen atoms in total. The minimum absolute atomic E-state index is 0.480. The predicted octanol–water partition coefficient (Wildman–Crippen LogP) is 2.13. The maximum absolute atomic E-state index is 4.14. The molecule has 0 saturated heterocycles. The normalized spacial score (nSPS) is 15.1. The number of nitrogens with zero attached hydrogens (tertiary/aromatic N) is 2. The zero-order valence-corrected chi connectivity index (χ0v) is 10.2. The first kappa shape index (κ1) is 11.6. The highest BCUT2D eigenvalue weighted by Gasteiger charge is 2.05. The molecule has 0 saturated carbocycles. The Labute approximate surface area is 93.5 Å². The average molecular weight is 258 g/mol. The fourth-order valence-corrected chi connectivity index (χ4v) is 1.82. The quantitative estimate of drug-likeness (QED) is 0.822. The molecule has 1 aromatic heterocycles. The SMILES string of the molecule is CC(Br)CC(C)NCc1ncccn1. The number of halogens is 1. The van der Waals surface area contributed by atoms with E-state index in [0.29, 0.717) is 10.9 Å². The first-order chi connectivity index (χ1) is 6.68. The summed E-state index contributed by atoms with van der Waals surface area (Å²) < 4.78 is 0. The molecule has 0 aromatic carbocycles. The van der Waals surface area contributed by atoms with Gasteiger partial charge < -0.3 is 5.32 Å². The fraction of sp³-hybridized carbons (Fsp3) is 0.600. The van der Waals surface area contributed by atoms with Crippen LogP contribution in [0.15, 0.2) is 18.5 Å². The van der Waals surface area contributed by atoms with Crippen molar-refractivity contribution in [3.63, 3.8) is 0 Å². The third-order valence-corrected chi connectivity index (χ3v) is 2.28. The number of alkyl halides is 1. The van der Waals surface area contributed by atoms with Crippen LogP contribution in [0.3, 0.4) is 0 Å². The Hall–Kier alpha value is -0.480. The second kappa shape index (κ2) is 6.09. The molecule has 0 fully saturated rings. The van der Waals surface area contributed by atoms with Crippen molar-refractivity contribution in [1.82, 2.24) is 15.3 Å². The standard InChI is InChI=1S/C10H16BrN3/c1-8(11)6-9(2)14-7-10-12-4-3-5-13-10/h3-5,8-9,14H,6-7H2,1-2H3. The van der Waals surface area contributed by atoms with Gasteiger partial charge in [-0.1, -0.05) is 22.9 Å². The summed E-state index contributed by atoms with van der Waals surface area (Å²) in [5.41, 5.74) is 0. The van der Waals surface area contributed by atoms with Gasteiger partial charge in [0, 0.05) is 23.3 Å². The molecule has 0 aliphatic carbocycles.